The smallest absolute Gasteiger partial charge is 0.410 e. The van der Waals surface area contributed by atoms with Crippen molar-refractivity contribution in [1.82, 2.24) is 14.3 Å². The van der Waals surface area contributed by atoms with Gasteiger partial charge in [-0.05, 0) is 50.7 Å². The molecule has 2 aromatic heterocycles. The first-order chi connectivity index (χ1) is 13.1. The van der Waals surface area contributed by atoms with Gasteiger partial charge in [-0.1, -0.05) is 19.8 Å². The molecule has 0 radical (unpaired) electrons. The fourth-order valence-electron chi connectivity index (χ4n) is 3.91. The van der Waals surface area contributed by atoms with Crippen LogP contribution in [0.15, 0.2) is 24.7 Å². The van der Waals surface area contributed by atoms with Crippen LogP contribution in [-0.4, -0.2) is 43.6 Å². The number of carboxylic acid groups (broad SMARTS) is 1. The summed E-state index contributed by atoms with van der Waals surface area (Å²) >= 11 is 0. The fraction of sp³-hybridized carbons (Fsp3) is 0.571. The van der Waals surface area contributed by atoms with E-state index < -0.39 is 11.6 Å². The van der Waals surface area contributed by atoms with Gasteiger partial charge in [-0.25, -0.2) is 14.6 Å². The minimum Gasteiger partial charge on any atom is -0.478 e. The Kier molecular flexibility index (Phi) is 5.37. The highest BCUT2D eigenvalue weighted by Crippen LogP contribution is 2.38. The average molecular weight is 387 g/mol. The number of amides is 1. The number of carbonyl (C=O) groups is 2. The number of ether oxygens (including phenoxy) is 1. The molecular formula is C21H29N3O4. The summed E-state index contributed by atoms with van der Waals surface area (Å²) in [6.45, 7) is 8.63. The zero-order valence-electron chi connectivity index (χ0n) is 17.1. The highest BCUT2D eigenvalue weighted by Gasteiger charge is 2.34. The predicted molar refractivity (Wildman–Crippen MR) is 105 cm³/mol. The van der Waals surface area contributed by atoms with Gasteiger partial charge in [0, 0.05) is 25.1 Å². The normalized spacial score (nSPS) is 16.3. The molecule has 1 aliphatic rings. The number of nitrogens with zero attached hydrogens (tertiary/aromatic N) is 3. The summed E-state index contributed by atoms with van der Waals surface area (Å²) in [5.74, 6) is -1.04. The molecule has 0 bridgehead atoms. The number of pyridine rings is 1. The Morgan fingerprint density at radius 1 is 1.32 bits per heavy atom. The summed E-state index contributed by atoms with van der Waals surface area (Å²) in [6.07, 6.45) is 9.22. The highest BCUT2D eigenvalue weighted by molar-refractivity contribution is 5.94. The summed E-state index contributed by atoms with van der Waals surface area (Å²) in [4.78, 5) is 30.4. The maximum absolute atomic E-state index is 12.9. The van der Waals surface area contributed by atoms with Crippen LogP contribution in [0.4, 0.5) is 4.79 Å². The van der Waals surface area contributed by atoms with E-state index in [2.05, 4.69) is 11.9 Å². The van der Waals surface area contributed by atoms with Gasteiger partial charge in [0.15, 0.2) is 5.65 Å². The van der Waals surface area contributed by atoms with Gasteiger partial charge in [-0.2, -0.15) is 0 Å². The first-order valence-electron chi connectivity index (χ1n) is 9.73. The SMILES string of the molecule is CC1(CN(Cc2cc(C(=O)O)c3nccn3c2)C(=O)OC(C)(C)C)CCCC1. The van der Waals surface area contributed by atoms with E-state index in [1.807, 2.05) is 27.0 Å². The van der Waals surface area contributed by atoms with E-state index in [0.29, 0.717) is 18.7 Å². The number of hydrogen-bond acceptors (Lipinski definition) is 4. The molecule has 2 heterocycles. The van der Waals surface area contributed by atoms with E-state index in [1.54, 1.807) is 27.8 Å². The second-order valence-corrected chi connectivity index (χ2v) is 9.08. The molecule has 0 aromatic carbocycles. The average Bonchev–Trinajstić information content (AvgIpc) is 3.20. The van der Waals surface area contributed by atoms with E-state index in [1.165, 1.54) is 12.8 Å². The molecule has 0 aliphatic heterocycles. The molecule has 28 heavy (non-hydrogen) atoms. The molecule has 1 fully saturated rings. The van der Waals surface area contributed by atoms with Crippen molar-refractivity contribution in [2.75, 3.05) is 6.54 Å². The lowest BCUT2D eigenvalue weighted by atomic mass is 9.88. The van der Waals surface area contributed by atoms with Crippen LogP contribution in [0.5, 0.6) is 0 Å². The van der Waals surface area contributed by atoms with Crippen molar-refractivity contribution in [2.45, 2.75) is 65.5 Å². The zero-order valence-corrected chi connectivity index (χ0v) is 17.1. The lowest BCUT2D eigenvalue weighted by Crippen LogP contribution is -2.41. The van der Waals surface area contributed by atoms with Crippen molar-refractivity contribution >= 4 is 17.7 Å². The second kappa shape index (κ2) is 7.45. The molecule has 0 atom stereocenters. The van der Waals surface area contributed by atoms with Gasteiger partial charge in [-0.15, -0.1) is 0 Å². The van der Waals surface area contributed by atoms with Gasteiger partial charge in [-0.3, -0.25) is 0 Å². The molecular weight excluding hydrogens is 358 g/mol. The molecule has 2 aromatic rings. The zero-order chi connectivity index (χ0) is 20.5. The van der Waals surface area contributed by atoms with Gasteiger partial charge in [0.25, 0.3) is 0 Å². The largest absolute Gasteiger partial charge is 0.478 e. The summed E-state index contributed by atoms with van der Waals surface area (Å²) in [6, 6.07) is 1.60. The van der Waals surface area contributed by atoms with Crippen LogP contribution in [0.2, 0.25) is 0 Å². The number of rotatable bonds is 5. The lowest BCUT2D eigenvalue weighted by Gasteiger charge is -2.34. The van der Waals surface area contributed by atoms with Crippen molar-refractivity contribution in [1.29, 1.82) is 0 Å². The maximum atomic E-state index is 12.9. The quantitative estimate of drug-likeness (QED) is 0.824. The highest BCUT2D eigenvalue weighted by atomic mass is 16.6. The number of hydrogen-bond donors (Lipinski definition) is 1. The first kappa shape index (κ1) is 20.2. The number of aromatic nitrogens is 2. The van der Waals surface area contributed by atoms with Gasteiger partial charge >= 0.3 is 12.1 Å². The summed E-state index contributed by atoms with van der Waals surface area (Å²) in [5, 5.41) is 9.53. The van der Waals surface area contributed by atoms with Gasteiger partial charge in [0.2, 0.25) is 0 Å². The molecule has 3 rings (SSSR count). The van der Waals surface area contributed by atoms with Crippen LogP contribution in [0.25, 0.3) is 5.65 Å². The standard InChI is InChI=1S/C21H29N3O4/c1-20(2,3)28-19(27)24(14-21(4)7-5-6-8-21)13-15-11-16(18(25)26)17-22-9-10-23(17)12-15/h9-12H,5-8,13-14H2,1-4H3,(H,25,26). The van der Waals surface area contributed by atoms with E-state index in [9.17, 15) is 14.7 Å². The third-order valence-electron chi connectivity index (χ3n) is 5.18. The maximum Gasteiger partial charge on any atom is 0.410 e. The van der Waals surface area contributed by atoms with Crippen LogP contribution in [-0.2, 0) is 11.3 Å². The van der Waals surface area contributed by atoms with Crippen molar-refractivity contribution in [3.8, 4) is 0 Å². The van der Waals surface area contributed by atoms with E-state index >= 15 is 0 Å². The summed E-state index contributed by atoms with van der Waals surface area (Å²) in [7, 11) is 0. The van der Waals surface area contributed by atoms with Crippen molar-refractivity contribution in [2.24, 2.45) is 5.41 Å². The topological polar surface area (TPSA) is 84.1 Å². The Labute approximate surface area is 165 Å². The third-order valence-corrected chi connectivity index (χ3v) is 5.18. The number of fused-ring (bicyclic) bond motifs is 1. The summed E-state index contributed by atoms with van der Waals surface area (Å²) < 4.78 is 7.31. The fourth-order valence-corrected chi connectivity index (χ4v) is 3.91. The lowest BCUT2D eigenvalue weighted by molar-refractivity contribution is 0.0150. The van der Waals surface area contributed by atoms with Gasteiger partial charge < -0.3 is 19.1 Å². The van der Waals surface area contributed by atoms with Crippen molar-refractivity contribution < 1.29 is 19.4 Å². The summed E-state index contributed by atoms with van der Waals surface area (Å²) in [5.41, 5.74) is 0.717. The van der Waals surface area contributed by atoms with Crippen molar-refractivity contribution in [3.63, 3.8) is 0 Å². The Morgan fingerprint density at radius 3 is 2.61 bits per heavy atom. The van der Waals surface area contributed by atoms with Gasteiger partial charge in [0.1, 0.15) is 11.2 Å². The van der Waals surface area contributed by atoms with Crippen LogP contribution in [0.3, 0.4) is 0 Å². The molecule has 0 saturated heterocycles. The predicted octanol–water partition coefficient (Wildman–Crippen LogP) is 4.35. The first-order valence-corrected chi connectivity index (χ1v) is 9.73. The van der Waals surface area contributed by atoms with Crippen LogP contribution in [0, 0.1) is 5.41 Å². The molecule has 0 unspecified atom stereocenters. The van der Waals surface area contributed by atoms with E-state index in [4.69, 9.17) is 4.74 Å². The van der Waals surface area contributed by atoms with Gasteiger partial charge in [0.05, 0.1) is 6.54 Å². The van der Waals surface area contributed by atoms with E-state index in [0.717, 1.165) is 18.4 Å². The third kappa shape index (κ3) is 4.64. The molecule has 7 nitrogen and oxygen atoms in total. The molecule has 7 heteroatoms. The second-order valence-electron chi connectivity index (χ2n) is 9.08. The monoisotopic (exact) mass is 387 g/mol. The number of carbonyl (C=O) groups excluding carboxylic acids is 1. The number of carboxylic acids is 1. The van der Waals surface area contributed by atoms with Crippen LogP contribution < -0.4 is 0 Å². The molecule has 1 saturated carbocycles. The molecule has 1 amide bonds. The molecule has 0 spiro atoms. The van der Waals surface area contributed by atoms with Crippen LogP contribution >= 0.6 is 0 Å². The number of aromatic carboxylic acids is 1. The molecule has 1 aliphatic carbocycles. The minimum absolute atomic E-state index is 0.0611. The van der Waals surface area contributed by atoms with E-state index in [-0.39, 0.29) is 17.1 Å². The Morgan fingerprint density at radius 2 is 2.00 bits per heavy atom. The molecule has 152 valence electrons. The van der Waals surface area contributed by atoms with Crippen molar-refractivity contribution in [3.05, 3.63) is 35.8 Å². The molecule has 1 N–H and O–H groups in total. The Hall–Kier alpha value is -2.57. The Balaban J connectivity index is 1.91. The Bertz CT molecular complexity index is 875. The van der Waals surface area contributed by atoms with Crippen LogP contribution in [0.1, 0.15) is 69.3 Å². The number of imidazole rings is 1. The minimum atomic E-state index is -1.04.